The second-order valence-electron chi connectivity index (χ2n) is 7.43. The fraction of sp³-hybridized carbons (Fsp3) is 0.304. The monoisotopic (exact) mass is 422 g/mol. The van der Waals surface area contributed by atoms with Crippen molar-refractivity contribution in [2.75, 3.05) is 23.3 Å². The molecule has 4 amide bonds. The summed E-state index contributed by atoms with van der Waals surface area (Å²) in [6, 6.07) is 14.3. The first-order valence-corrected chi connectivity index (χ1v) is 10.2. The van der Waals surface area contributed by atoms with Gasteiger partial charge in [-0.05, 0) is 36.2 Å². The van der Waals surface area contributed by atoms with E-state index in [-0.39, 0.29) is 43.3 Å². The van der Waals surface area contributed by atoms with Crippen molar-refractivity contribution in [2.24, 2.45) is 11.7 Å². The summed E-state index contributed by atoms with van der Waals surface area (Å²) in [5.74, 6) is -1.89. The number of amides is 4. The van der Waals surface area contributed by atoms with E-state index in [4.69, 9.17) is 5.73 Å². The Morgan fingerprint density at radius 1 is 1.10 bits per heavy atom. The van der Waals surface area contributed by atoms with Gasteiger partial charge in [0.05, 0.1) is 17.2 Å². The third-order valence-corrected chi connectivity index (χ3v) is 5.24. The number of primary amides is 1. The molecule has 8 nitrogen and oxygen atoms in total. The van der Waals surface area contributed by atoms with E-state index in [1.54, 1.807) is 29.2 Å². The van der Waals surface area contributed by atoms with Crippen molar-refractivity contribution in [1.29, 1.82) is 0 Å². The Bertz CT molecular complexity index is 987. The van der Waals surface area contributed by atoms with Crippen LogP contribution in [0.25, 0.3) is 0 Å². The van der Waals surface area contributed by atoms with Crippen LogP contribution in [0.1, 0.15) is 35.7 Å². The Balaban J connectivity index is 1.66. The maximum Gasteiger partial charge on any atom is 0.253 e. The van der Waals surface area contributed by atoms with E-state index >= 15 is 0 Å². The van der Waals surface area contributed by atoms with E-state index in [1.807, 2.05) is 24.3 Å². The van der Waals surface area contributed by atoms with Gasteiger partial charge in [0.25, 0.3) is 5.91 Å². The molecule has 1 heterocycles. The first-order valence-electron chi connectivity index (χ1n) is 10.2. The number of nitrogens with zero attached hydrogens (tertiary/aromatic N) is 1. The van der Waals surface area contributed by atoms with Gasteiger partial charge < -0.3 is 21.3 Å². The SMILES string of the molecule is CCc1ccc(N2CC(C(=O)Nc3ccccc3C(=O)NCCC(N)=O)CC2=O)cc1. The molecular formula is C23H26N4O4. The summed E-state index contributed by atoms with van der Waals surface area (Å²) in [5, 5.41) is 5.38. The highest BCUT2D eigenvalue weighted by Gasteiger charge is 2.35. The molecule has 0 radical (unpaired) electrons. The predicted octanol–water partition coefficient (Wildman–Crippen LogP) is 1.85. The Morgan fingerprint density at radius 3 is 2.48 bits per heavy atom. The highest BCUT2D eigenvalue weighted by Crippen LogP contribution is 2.27. The van der Waals surface area contributed by atoms with Crippen LogP contribution in [0.3, 0.4) is 0 Å². The van der Waals surface area contributed by atoms with Crippen LogP contribution in [-0.4, -0.2) is 36.7 Å². The Hall–Kier alpha value is -3.68. The minimum atomic E-state index is -0.524. The molecule has 0 bridgehead atoms. The highest BCUT2D eigenvalue weighted by atomic mass is 16.2. The van der Waals surface area contributed by atoms with Crippen molar-refractivity contribution in [3.8, 4) is 0 Å². The second-order valence-corrected chi connectivity index (χ2v) is 7.43. The summed E-state index contributed by atoms with van der Waals surface area (Å²) < 4.78 is 0. The van der Waals surface area contributed by atoms with Gasteiger partial charge in [0, 0.05) is 31.6 Å². The zero-order valence-corrected chi connectivity index (χ0v) is 17.4. The van der Waals surface area contributed by atoms with Gasteiger partial charge in [0.2, 0.25) is 17.7 Å². The first kappa shape index (κ1) is 22.0. The average Bonchev–Trinajstić information content (AvgIpc) is 3.15. The van der Waals surface area contributed by atoms with Gasteiger partial charge >= 0.3 is 0 Å². The quantitative estimate of drug-likeness (QED) is 0.601. The molecule has 1 unspecified atom stereocenters. The van der Waals surface area contributed by atoms with E-state index in [2.05, 4.69) is 17.6 Å². The number of nitrogens with two attached hydrogens (primary N) is 1. The van der Waals surface area contributed by atoms with Crippen LogP contribution in [0.15, 0.2) is 48.5 Å². The fourth-order valence-corrected chi connectivity index (χ4v) is 3.46. The number of rotatable bonds is 8. The van der Waals surface area contributed by atoms with Crippen LogP contribution >= 0.6 is 0 Å². The molecule has 0 aliphatic carbocycles. The summed E-state index contributed by atoms with van der Waals surface area (Å²) in [5.41, 5.74) is 7.65. The molecule has 4 N–H and O–H groups in total. The van der Waals surface area contributed by atoms with Gasteiger partial charge in [-0.25, -0.2) is 0 Å². The summed E-state index contributed by atoms with van der Waals surface area (Å²) in [6.07, 6.45) is 1.04. The van der Waals surface area contributed by atoms with Crippen molar-refractivity contribution in [3.05, 3.63) is 59.7 Å². The minimum absolute atomic E-state index is 0.0273. The largest absolute Gasteiger partial charge is 0.370 e. The number of nitrogens with one attached hydrogen (secondary N) is 2. The zero-order chi connectivity index (χ0) is 22.4. The topological polar surface area (TPSA) is 122 Å². The molecule has 1 aliphatic heterocycles. The van der Waals surface area contributed by atoms with E-state index in [0.717, 1.165) is 12.1 Å². The molecule has 1 saturated heterocycles. The van der Waals surface area contributed by atoms with E-state index in [1.165, 1.54) is 5.56 Å². The lowest BCUT2D eigenvalue weighted by molar-refractivity contribution is -0.122. The first-order chi connectivity index (χ1) is 14.9. The van der Waals surface area contributed by atoms with Crippen molar-refractivity contribution in [2.45, 2.75) is 26.2 Å². The summed E-state index contributed by atoms with van der Waals surface area (Å²) >= 11 is 0. The molecule has 0 saturated carbocycles. The van der Waals surface area contributed by atoms with Gasteiger partial charge in [0.1, 0.15) is 0 Å². The Labute approximate surface area is 180 Å². The van der Waals surface area contributed by atoms with Crippen LogP contribution in [0.4, 0.5) is 11.4 Å². The van der Waals surface area contributed by atoms with E-state index in [0.29, 0.717) is 5.69 Å². The van der Waals surface area contributed by atoms with Crippen LogP contribution < -0.4 is 21.3 Å². The fourth-order valence-electron chi connectivity index (χ4n) is 3.46. The van der Waals surface area contributed by atoms with Crippen LogP contribution in [0.5, 0.6) is 0 Å². The molecule has 0 spiro atoms. The number of carbonyl (C=O) groups excluding carboxylic acids is 4. The third kappa shape index (κ3) is 5.48. The molecule has 0 aromatic heterocycles. The highest BCUT2D eigenvalue weighted by molar-refractivity contribution is 6.07. The molecular weight excluding hydrogens is 396 g/mol. The number of hydrogen-bond acceptors (Lipinski definition) is 4. The average molecular weight is 422 g/mol. The van der Waals surface area contributed by atoms with E-state index in [9.17, 15) is 19.2 Å². The standard InChI is InChI=1S/C23H26N4O4/c1-2-15-7-9-17(10-8-15)27-14-16(13-21(27)29)22(30)26-19-6-4-3-5-18(19)23(31)25-12-11-20(24)28/h3-10,16H,2,11-14H2,1H3,(H2,24,28)(H,25,31)(H,26,30). The molecule has 1 atom stereocenters. The lowest BCUT2D eigenvalue weighted by atomic mass is 10.1. The van der Waals surface area contributed by atoms with Gasteiger partial charge in [0.15, 0.2) is 0 Å². The molecule has 2 aromatic rings. The zero-order valence-electron chi connectivity index (χ0n) is 17.4. The molecule has 1 aliphatic rings. The number of carbonyl (C=O) groups is 4. The number of hydrogen-bond donors (Lipinski definition) is 3. The van der Waals surface area contributed by atoms with Crippen molar-refractivity contribution in [1.82, 2.24) is 5.32 Å². The van der Waals surface area contributed by atoms with Gasteiger partial charge in [-0.15, -0.1) is 0 Å². The third-order valence-electron chi connectivity index (χ3n) is 5.24. The summed E-state index contributed by atoms with van der Waals surface area (Å²) in [7, 11) is 0. The molecule has 31 heavy (non-hydrogen) atoms. The lowest BCUT2D eigenvalue weighted by Gasteiger charge is -2.17. The summed E-state index contributed by atoms with van der Waals surface area (Å²) in [6.45, 7) is 2.45. The van der Waals surface area contributed by atoms with Crippen molar-refractivity contribution >= 4 is 35.0 Å². The van der Waals surface area contributed by atoms with Crippen molar-refractivity contribution < 1.29 is 19.2 Å². The van der Waals surface area contributed by atoms with Crippen LogP contribution in [0.2, 0.25) is 0 Å². The Morgan fingerprint density at radius 2 is 1.81 bits per heavy atom. The van der Waals surface area contributed by atoms with E-state index < -0.39 is 17.7 Å². The maximum atomic E-state index is 12.8. The van der Waals surface area contributed by atoms with Gasteiger partial charge in [-0.2, -0.15) is 0 Å². The number of benzene rings is 2. The summed E-state index contributed by atoms with van der Waals surface area (Å²) in [4.78, 5) is 50.2. The molecule has 3 rings (SSSR count). The Kier molecular flexibility index (Phi) is 7.02. The molecule has 2 aromatic carbocycles. The molecule has 8 heteroatoms. The number of anilines is 2. The maximum absolute atomic E-state index is 12.8. The minimum Gasteiger partial charge on any atom is -0.370 e. The van der Waals surface area contributed by atoms with Gasteiger partial charge in [-0.3, -0.25) is 19.2 Å². The second kappa shape index (κ2) is 9.88. The normalized spacial score (nSPS) is 15.6. The number of aryl methyl sites for hydroxylation is 1. The smallest absolute Gasteiger partial charge is 0.253 e. The number of para-hydroxylation sites is 1. The van der Waals surface area contributed by atoms with Gasteiger partial charge in [-0.1, -0.05) is 31.2 Å². The van der Waals surface area contributed by atoms with Crippen molar-refractivity contribution in [3.63, 3.8) is 0 Å². The van der Waals surface area contributed by atoms with Crippen LogP contribution in [0, 0.1) is 5.92 Å². The van der Waals surface area contributed by atoms with Crippen LogP contribution in [-0.2, 0) is 20.8 Å². The molecule has 1 fully saturated rings. The molecule has 162 valence electrons. The predicted molar refractivity (Wildman–Crippen MR) is 117 cm³/mol. The lowest BCUT2D eigenvalue weighted by Crippen LogP contribution is -2.30.